The molecule has 0 amide bonds. The van der Waals surface area contributed by atoms with Gasteiger partial charge in [0, 0.05) is 16.5 Å². The van der Waals surface area contributed by atoms with Crippen LogP contribution in [0.5, 0.6) is 0 Å². The van der Waals surface area contributed by atoms with Crippen LogP contribution in [0.2, 0.25) is 0 Å². The fourth-order valence-corrected chi connectivity index (χ4v) is 0. The molecule has 0 heterocycles. The van der Waals surface area contributed by atoms with Crippen LogP contribution in [-0.2, 0) is 25.8 Å². The molecule has 3 nitrogen and oxygen atoms in total. The molecule has 0 aromatic rings. The third-order valence-electron chi connectivity index (χ3n) is 0. The molecule has 0 fully saturated rings. The van der Waals surface area contributed by atoms with Gasteiger partial charge in [0.15, 0.2) is 0 Å². The second-order valence-corrected chi connectivity index (χ2v) is 1.37. The summed E-state index contributed by atoms with van der Waals surface area (Å²) in [6.07, 6.45) is 0. The molecule has 0 spiro atoms. The number of hydrogen-bond donors (Lipinski definition) is 0. The van der Waals surface area contributed by atoms with Crippen molar-refractivity contribution in [2.45, 2.75) is 0 Å². The summed E-state index contributed by atoms with van der Waals surface area (Å²) in [5, 5.41) is 0. The molecule has 0 N–H and O–H groups in total. The third kappa shape index (κ3) is 72.2. The van der Waals surface area contributed by atoms with E-state index in [2.05, 4.69) is 0 Å². The van der Waals surface area contributed by atoms with E-state index < -0.39 is 19.5 Å². The summed E-state index contributed by atoms with van der Waals surface area (Å²) < 4.78 is 25.8. The Balaban J connectivity index is 0. The van der Waals surface area contributed by atoms with E-state index in [-0.39, 0.29) is 16.5 Å². The van der Waals surface area contributed by atoms with Crippen LogP contribution in [0.15, 0.2) is 0 Å². The molecule has 0 radical (unpaired) electrons. The Morgan fingerprint density at radius 2 is 1.00 bits per heavy atom. The van der Waals surface area contributed by atoms with Crippen LogP contribution in [0, 0.1) is 0 Å². The maximum atomic E-state index is 8.59. The van der Waals surface area contributed by atoms with Gasteiger partial charge in [-0.15, -0.1) is 0 Å². The molecular formula is NiO3Te. The van der Waals surface area contributed by atoms with Crippen molar-refractivity contribution in [1.82, 2.24) is 0 Å². The van der Waals surface area contributed by atoms with E-state index in [0.29, 0.717) is 0 Å². The van der Waals surface area contributed by atoms with E-state index in [4.69, 9.17) is 9.31 Å². The molecule has 0 unspecified atom stereocenters. The van der Waals surface area contributed by atoms with Crippen molar-refractivity contribution in [1.29, 1.82) is 0 Å². The molecular weight excluding hydrogens is 234 g/mol. The normalized spacial score (nSPS) is 4.80. The largest absolute Gasteiger partial charge is 0 e. The smallest absolute Gasteiger partial charge is 0 e. The molecule has 34 valence electrons. The van der Waals surface area contributed by atoms with Crippen LogP contribution >= 0.6 is 0 Å². The SMILES string of the molecule is O=[Te](=O)=O.[Ni]. The molecule has 0 atom stereocenters. The monoisotopic (exact) mass is 236 g/mol. The Morgan fingerprint density at radius 3 is 1.00 bits per heavy atom. The second kappa shape index (κ2) is 4.68. The first-order chi connectivity index (χ1) is 1.73. The molecule has 0 saturated carbocycles. The summed E-state index contributed by atoms with van der Waals surface area (Å²) in [5.74, 6) is 0. The van der Waals surface area contributed by atoms with Crippen LogP contribution in [0.4, 0.5) is 0 Å². The van der Waals surface area contributed by atoms with Crippen LogP contribution in [0.25, 0.3) is 0 Å². The van der Waals surface area contributed by atoms with Gasteiger partial charge in [-0.2, -0.15) is 0 Å². The van der Waals surface area contributed by atoms with Crippen LogP contribution in [0.1, 0.15) is 0 Å². The minimum atomic E-state index is -4.11. The Kier molecular flexibility index (Phi) is 8.61. The van der Waals surface area contributed by atoms with E-state index in [9.17, 15) is 0 Å². The van der Waals surface area contributed by atoms with E-state index in [0.717, 1.165) is 0 Å². The molecule has 0 aromatic heterocycles. The summed E-state index contributed by atoms with van der Waals surface area (Å²) >= 11 is -4.11. The number of hydrogen-bond acceptors (Lipinski definition) is 3. The predicted molar refractivity (Wildman–Crippen MR) is 7.81 cm³/mol. The van der Waals surface area contributed by atoms with Gasteiger partial charge in [-0.05, 0) is 0 Å². The Bertz CT molecular complexity index is 76.3. The van der Waals surface area contributed by atoms with Crippen molar-refractivity contribution < 1.29 is 25.8 Å². The molecule has 0 bridgehead atoms. The summed E-state index contributed by atoms with van der Waals surface area (Å²) in [7, 11) is 0. The predicted octanol–water partition coefficient (Wildman–Crippen LogP) is -0.740. The van der Waals surface area contributed by atoms with Crippen molar-refractivity contribution in [3.8, 4) is 0 Å². The third-order valence-corrected chi connectivity index (χ3v) is 0. The van der Waals surface area contributed by atoms with Gasteiger partial charge in [-0.1, -0.05) is 0 Å². The van der Waals surface area contributed by atoms with Crippen LogP contribution < -0.4 is 0 Å². The minimum Gasteiger partial charge on any atom is 0 e. The molecule has 0 saturated heterocycles. The van der Waals surface area contributed by atoms with E-state index in [1.54, 1.807) is 0 Å². The van der Waals surface area contributed by atoms with Gasteiger partial charge in [-0.3, -0.25) is 0 Å². The van der Waals surface area contributed by atoms with Crippen molar-refractivity contribution in [3.63, 3.8) is 0 Å². The Hall–Kier alpha value is 0.683. The zero-order valence-electron chi connectivity index (χ0n) is 1.95. The van der Waals surface area contributed by atoms with Gasteiger partial charge in [0.2, 0.25) is 0 Å². The fraction of sp³-hybridized carbons (Fsp3) is 0. The van der Waals surface area contributed by atoms with Gasteiger partial charge in [0.1, 0.15) is 0 Å². The van der Waals surface area contributed by atoms with Gasteiger partial charge in [0.05, 0.1) is 0 Å². The van der Waals surface area contributed by atoms with Gasteiger partial charge in [-0.25, -0.2) is 0 Å². The molecule has 0 rings (SSSR count). The van der Waals surface area contributed by atoms with Crippen molar-refractivity contribution in [2.24, 2.45) is 0 Å². The average Bonchev–Trinajstić information content (AvgIpc) is 0.811. The molecule has 0 aromatic carbocycles. The maximum absolute atomic E-state index is 8.59. The van der Waals surface area contributed by atoms with Crippen LogP contribution in [0.3, 0.4) is 0 Å². The van der Waals surface area contributed by atoms with E-state index in [1.807, 2.05) is 0 Å². The Morgan fingerprint density at radius 1 is 1.00 bits per heavy atom. The second-order valence-electron chi connectivity index (χ2n) is 0.204. The van der Waals surface area contributed by atoms with Crippen molar-refractivity contribution in [2.75, 3.05) is 0 Å². The fourth-order valence-electron chi connectivity index (χ4n) is 0. The van der Waals surface area contributed by atoms with Gasteiger partial charge >= 0.3 is 28.8 Å². The van der Waals surface area contributed by atoms with Crippen molar-refractivity contribution in [3.05, 3.63) is 0 Å². The standard InChI is InChI=1S/Ni.O3Te/c;1-4(2)3. The first-order valence-electron chi connectivity index (χ1n) is 0.500. The van der Waals surface area contributed by atoms with E-state index >= 15 is 0 Å². The maximum Gasteiger partial charge on any atom is 0 e. The average molecular weight is 234 g/mol. The zero-order chi connectivity index (χ0) is 3.58. The summed E-state index contributed by atoms with van der Waals surface area (Å²) in [4.78, 5) is 0. The molecule has 5 heavy (non-hydrogen) atoms. The first-order valence-corrected chi connectivity index (χ1v) is 3.35. The summed E-state index contributed by atoms with van der Waals surface area (Å²) in [5.41, 5.74) is 0. The van der Waals surface area contributed by atoms with Crippen molar-refractivity contribution >= 4 is 19.5 Å². The minimum absolute atomic E-state index is 0. The quantitative estimate of drug-likeness (QED) is 0.519. The number of rotatable bonds is 0. The van der Waals surface area contributed by atoms with Gasteiger partial charge < -0.3 is 0 Å². The zero-order valence-corrected chi connectivity index (χ0v) is 5.27. The molecule has 0 aliphatic rings. The molecule has 0 aliphatic carbocycles. The van der Waals surface area contributed by atoms with Gasteiger partial charge in [0.25, 0.3) is 0 Å². The summed E-state index contributed by atoms with van der Waals surface area (Å²) in [6.45, 7) is 0. The van der Waals surface area contributed by atoms with Crippen LogP contribution in [-0.4, -0.2) is 19.5 Å². The van der Waals surface area contributed by atoms with E-state index in [1.165, 1.54) is 0 Å². The topological polar surface area (TPSA) is 51.2 Å². The molecule has 0 aliphatic heterocycles. The molecule has 5 heteroatoms. The first kappa shape index (κ1) is 9.19. The Labute approximate surface area is 45.4 Å². The summed E-state index contributed by atoms with van der Waals surface area (Å²) in [6, 6.07) is 0.